The molecule has 0 amide bonds. The number of esters is 1. The standard InChI is InChI=1S/C16H21NO3S/c1-3-19-16(18)14-11-21-15(17-14)8-6-4-5-7-13-10-9-12(2)20-13/h9-11H,3-8H2,1-2H3. The van der Waals surface area contributed by atoms with Crippen LogP contribution in [0.25, 0.3) is 0 Å². The lowest BCUT2D eigenvalue weighted by molar-refractivity contribution is 0.0520. The highest BCUT2D eigenvalue weighted by atomic mass is 32.1. The fourth-order valence-electron chi connectivity index (χ4n) is 2.10. The highest BCUT2D eigenvalue weighted by Gasteiger charge is 2.11. The molecular formula is C16H21NO3S. The number of ether oxygens (including phenoxy) is 1. The molecule has 0 radical (unpaired) electrons. The number of rotatable bonds is 8. The van der Waals surface area contributed by atoms with Crippen molar-refractivity contribution in [2.24, 2.45) is 0 Å². The average molecular weight is 307 g/mol. The van der Waals surface area contributed by atoms with Gasteiger partial charge in [0.25, 0.3) is 0 Å². The first kappa shape index (κ1) is 15.8. The monoisotopic (exact) mass is 307 g/mol. The molecule has 0 aromatic carbocycles. The first-order chi connectivity index (χ1) is 10.2. The number of hydrogen-bond acceptors (Lipinski definition) is 5. The number of aromatic nitrogens is 1. The summed E-state index contributed by atoms with van der Waals surface area (Å²) in [5.41, 5.74) is 0.433. The lowest BCUT2D eigenvalue weighted by Gasteiger charge is -1.99. The number of thiazole rings is 1. The fraction of sp³-hybridized carbons (Fsp3) is 0.500. The molecule has 2 aromatic heterocycles. The van der Waals surface area contributed by atoms with Crippen LogP contribution in [0.2, 0.25) is 0 Å². The van der Waals surface area contributed by atoms with Crippen LogP contribution in [0.5, 0.6) is 0 Å². The molecule has 0 aliphatic heterocycles. The second kappa shape index (κ2) is 7.98. The molecule has 2 rings (SSSR count). The maximum Gasteiger partial charge on any atom is 0.357 e. The third-order valence-corrected chi connectivity index (χ3v) is 4.05. The Morgan fingerprint density at radius 1 is 1.29 bits per heavy atom. The summed E-state index contributed by atoms with van der Waals surface area (Å²) in [5, 5.41) is 2.78. The van der Waals surface area contributed by atoms with Crippen LogP contribution in [-0.2, 0) is 17.6 Å². The number of nitrogens with zero attached hydrogens (tertiary/aromatic N) is 1. The van der Waals surface area contributed by atoms with E-state index in [0.29, 0.717) is 12.3 Å². The summed E-state index contributed by atoms with van der Waals surface area (Å²) in [7, 11) is 0. The Kier molecular flexibility index (Phi) is 5.99. The summed E-state index contributed by atoms with van der Waals surface area (Å²) < 4.78 is 10.5. The molecule has 0 N–H and O–H groups in total. The number of carbonyl (C=O) groups excluding carboxylic acids is 1. The maximum atomic E-state index is 11.5. The van der Waals surface area contributed by atoms with Gasteiger partial charge in [-0.1, -0.05) is 6.42 Å². The molecule has 4 nitrogen and oxygen atoms in total. The fourth-order valence-corrected chi connectivity index (χ4v) is 2.91. The van der Waals surface area contributed by atoms with Crippen molar-refractivity contribution in [3.63, 3.8) is 0 Å². The summed E-state index contributed by atoms with van der Waals surface area (Å²) >= 11 is 1.53. The van der Waals surface area contributed by atoms with Crippen molar-refractivity contribution in [1.82, 2.24) is 4.98 Å². The molecule has 5 heteroatoms. The summed E-state index contributed by atoms with van der Waals surface area (Å²) in [5.74, 6) is 1.71. The van der Waals surface area contributed by atoms with E-state index < -0.39 is 0 Å². The van der Waals surface area contributed by atoms with Crippen LogP contribution in [-0.4, -0.2) is 17.6 Å². The van der Waals surface area contributed by atoms with Crippen LogP contribution >= 0.6 is 11.3 Å². The number of furan rings is 1. The van der Waals surface area contributed by atoms with E-state index in [2.05, 4.69) is 4.98 Å². The Hall–Kier alpha value is -1.62. The minimum absolute atomic E-state index is 0.326. The van der Waals surface area contributed by atoms with Gasteiger partial charge in [0.05, 0.1) is 11.6 Å². The van der Waals surface area contributed by atoms with Gasteiger partial charge in [0.2, 0.25) is 0 Å². The summed E-state index contributed by atoms with van der Waals surface area (Å²) in [6, 6.07) is 4.05. The Morgan fingerprint density at radius 2 is 2.10 bits per heavy atom. The van der Waals surface area contributed by atoms with Gasteiger partial charge in [0.15, 0.2) is 5.69 Å². The Labute approximate surface area is 129 Å². The Balaban J connectivity index is 1.65. The van der Waals surface area contributed by atoms with E-state index in [1.807, 2.05) is 19.1 Å². The molecule has 0 atom stereocenters. The third-order valence-electron chi connectivity index (χ3n) is 3.15. The van der Waals surface area contributed by atoms with E-state index in [4.69, 9.17) is 9.15 Å². The van der Waals surface area contributed by atoms with E-state index in [-0.39, 0.29) is 5.97 Å². The van der Waals surface area contributed by atoms with E-state index >= 15 is 0 Å². The molecule has 2 heterocycles. The van der Waals surface area contributed by atoms with Gasteiger partial charge in [-0.05, 0) is 45.2 Å². The normalized spacial score (nSPS) is 10.8. The molecule has 114 valence electrons. The van der Waals surface area contributed by atoms with Gasteiger partial charge in [-0.15, -0.1) is 11.3 Å². The van der Waals surface area contributed by atoms with Crippen LogP contribution in [0.15, 0.2) is 21.9 Å². The molecule has 2 aromatic rings. The van der Waals surface area contributed by atoms with Gasteiger partial charge >= 0.3 is 5.97 Å². The number of aryl methyl sites for hydroxylation is 3. The van der Waals surface area contributed by atoms with Crippen molar-refractivity contribution in [3.8, 4) is 0 Å². The maximum absolute atomic E-state index is 11.5. The second-order valence-corrected chi connectivity index (χ2v) is 5.86. The van der Waals surface area contributed by atoms with Crippen LogP contribution < -0.4 is 0 Å². The smallest absolute Gasteiger partial charge is 0.357 e. The molecule has 0 aliphatic rings. The third kappa shape index (κ3) is 5.01. The van der Waals surface area contributed by atoms with Crippen LogP contribution in [0, 0.1) is 6.92 Å². The average Bonchev–Trinajstić information content (AvgIpc) is 3.08. The Morgan fingerprint density at radius 3 is 2.81 bits per heavy atom. The highest BCUT2D eigenvalue weighted by molar-refractivity contribution is 7.09. The zero-order chi connectivity index (χ0) is 15.1. The molecule has 0 unspecified atom stereocenters. The largest absolute Gasteiger partial charge is 0.466 e. The molecule has 0 aliphatic carbocycles. The summed E-state index contributed by atoms with van der Waals surface area (Å²) in [6.45, 7) is 4.15. The SMILES string of the molecule is CCOC(=O)c1csc(CCCCCc2ccc(C)o2)n1. The van der Waals surface area contributed by atoms with Gasteiger partial charge in [-0.2, -0.15) is 0 Å². The lowest BCUT2D eigenvalue weighted by Crippen LogP contribution is -2.05. The van der Waals surface area contributed by atoms with Crippen molar-refractivity contribution in [3.05, 3.63) is 39.7 Å². The van der Waals surface area contributed by atoms with E-state index in [0.717, 1.165) is 48.6 Å². The van der Waals surface area contributed by atoms with E-state index in [1.165, 1.54) is 11.3 Å². The molecule has 0 spiro atoms. The predicted molar refractivity (Wildman–Crippen MR) is 82.8 cm³/mol. The molecule has 0 fully saturated rings. The zero-order valence-electron chi connectivity index (χ0n) is 12.6. The quantitative estimate of drug-likeness (QED) is 0.542. The predicted octanol–water partition coefficient (Wildman–Crippen LogP) is 4.18. The molecule has 0 bridgehead atoms. The van der Waals surface area contributed by atoms with E-state index in [1.54, 1.807) is 12.3 Å². The summed E-state index contributed by atoms with van der Waals surface area (Å²) in [4.78, 5) is 15.8. The van der Waals surface area contributed by atoms with Crippen molar-refractivity contribution >= 4 is 17.3 Å². The van der Waals surface area contributed by atoms with E-state index in [9.17, 15) is 4.79 Å². The Bertz CT molecular complexity index is 574. The van der Waals surface area contributed by atoms with Crippen molar-refractivity contribution in [1.29, 1.82) is 0 Å². The molecule has 0 saturated carbocycles. The minimum atomic E-state index is -0.326. The first-order valence-electron chi connectivity index (χ1n) is 7.36. The van der Waals surface area contributed by atoms with Gasteiger partial charge in [-0.3, -0.25) is 0 Å². The van der Waals surface area contributed by atoms with Crippen LogP contribution in [0.3, 0.4) is 0 Å². The van der Waals surface area contributed by atoms with Gasteiger partial charge in [-0.25, -0.2) is 9.78 Å². The van der Waals surface area contributed by atoms with Crippen molar-refractivity contribution < 1.29 is 13.9 Å². The molecule has 0 saturated heterocycles. The molecular weight excluding hydrogens is 286 g/mol. The van der Waals surface area contributed by atoms with Gasteiger partial charge in [0.1, 0.15) is 11.5 Å². The van der Waals surface area contributed by atoms with Crippen LogP contribution in [0.4, 0.5) is 0 Å². The number of hydrogen-bond donors (Lipinski definition) is 0. The summed E-state index contributed by atoms with van der Waals surface area (Å²) in [6.07, 6.45) is 5.23. The lowest BCUT2D eigenvalue weighted by atomic mass is 10.1. The second-order valence-electron chi connectivity index (χ2n) is 4.92. The minimum Gasteiger partial charge on any atom is -0.466 e. The zero-order valence-corrected chi connectivity index (χ0v) is 13.4. The first-order valence-corrected chi connectivity index (χ1v) is 8.24. The topological polar surface area (TPSA) is 52.3 Å². The van der Waals surface area contributed by atoms with Crippen molar-refractivity contribution in [2.45, 2.75) is 46.0 Å². The number of carbonyl (C=O) groups is 1. The molecule has 21 heavy (non-hydrogen) atoms. The number of unbranched alkanes of at least 4 members (excludes halogenated alkanes) is 2. The van der Waals surface area contributed by atoms with Crippen LogP contribution in [0.1, 0.15) is 53.2 Å². The van der Waals surface area contributed by atoms with Crippen molar-refractivity contribution in [2.75, 3.05) is 6.61 Å². The van der Waals surface area contributed by atoms with Gasteiger partial charge < -0.3 is 9.15 Å². The highest BCUT2D eigenvalue weighted by Crippen LogP contribution is 2.15. The van der Waals surface area contributed by atoms with Gasteiger partial charge in [0, 0.05) is 11.8 Å².